The molecule has 1 aliphatic heterocycles. The molecule has 0 saturated heterocycles. The molecule has 0 saturated carbocycles. The minimum absolute atomic E-state index is 0.0313. The lowest BCUT2D eigenvalue weighted by molar-refractivity contribution is -0.0888. The molecule has 98 valence electrons. The highest BCUT2D eigenvalue weighted by molar-refractivity contribution is 7.80. The molecule has 0 aromatic carbocycles. The summed E-state index contributed by atoms with van der Waals surface area (Å²) in [5.41, 5.74) is 1.73. The van der Waals surface area contributed by atoms with Gasteiger partial charge in [0.25, 0.3) is 0 Å². The van der Waals surface area contributed by atoms with E-state index in [-0.39, 0.29) is 6.04 Å². The standard InChI is InChI=1S/C11H20N2O3S/c1-7-9(10(14)16-6-5-15-4)8(2)13(3)11(17)12-7/h7,10,14H,5-6H2,1-4H3,(H,12,17). The summed E-state index contributed by atoms with van der Waals surface area (Å²) >= 11 is 5.17. The fourth-order valence-electron chi connectivity index (χ4n) is 1.74. The highest BCUT2D eigenvalue weighted by atomic mass is 32.1. The summed E-state index contributed by atoms with van der Waals surface area (Å²) in [6.45, 7) is 4.68. The number of thiocarbonyl (C=S) groups is 1. The lowest BCUT2D eigenvalue weighted by atomic mass is 10.0. The highest BCUT2D eigenvalue weighted by Gasteiger charge is 2.28. The third-order valence-electron chi connectivity index (χ3n) is 2.86. The molecular weight excluding hydrogens is 240 g/mol. The molecule has 2 unspecified atom stereocenters. The minimum Gasteiger partial charge on any atom is -0.382 e. The smallest absolute Gasteiger partial charge is 0.181 e. The summed E-state index contributed by atoms with van der Waals surface area (Å²) in [7, 11) is 3.45. The van der Waals surface area contributed by atoms with Gasteiger partial charge in [0.15, 0.2) is 11.4 Å². The molecule has 0 radical (unpaired) electrons. The first-order chi connectivity index (χ1) is 7.99. The van der Waals surface area contributed by atoms with Crippen LogP contribution in [0.15, 0.2) is 11.3 Å². The van der Waals surface area contributed by atoms with Crippen LogP contribution in [0.3, 0.4) is 0 Å². The predicted octanol–water partition coefficient (Wildman–Crippen LogP) is 0.450. The number of aliphatic hydroxyl groups excluding tert-OH is 1. The van der Waals surface area contributed by atoms with Crippen LogP contribution >= 0.6 is 12.2 Å². The Hall–Kier alpha value is -0.690. The fourth-order valence-corrected chi connectivity index (χ4v) is 2.06. The van der Waals surface area contributed by atoms with Crippen molar-refractivity contribution in [2.45, 2.75) is 26.2 Å². The Balaban J connectivity index is 2.75. The van der Waals surface area contributed by atoms with Gasteiger partial charge in [-0.1, -0.05) is 0 Å². The second kappa shape index (κ2) is 6.30. The van der Waals surface area contributed by atoms with E-state index in [0.29, 0.717) is 18.3 Å². The van der Waals surface area contributed by atoms with Gasteiger partial charge in [0.1, 0.15) is 0 Å². The lowest BCUT2D eigenvalue weighted by Gasteiger charge is -2.36. The number of allylic oxidation sites excluding steroid dienone is 1. The number of aliphatic hydroxyl groups is 1. The summed E-state index contributed by atoms with van der Waals surface area (Å²) < 4.78 is 10.2. The van der Waals surface area contributed by atoms with E-state index >= 15 is 0 Å². The Bertz CT molecular complexity index is 320. The van der Waals surface area contributed by atoms with Crippen LogP contribution in [-0.2, 0) is 9.47 Å². The molecule has 2 N–H and O–H groups in total. The van der Waals surface area contributed by atoms with Gasteiger partial charge >= 0.3 is 0 Å². The minimum atomic E-state index is -0.932. The molecule has 0 aromatic heterocycles. The van der Waals surface area contributed by atoms with Crippen LogP contribution in [0.25, 0.3) is 0 Å². The van der Waals surface area contributed by atoms with Crippen LogP contribution in [0.4, 0.5) is 0 Å². The van der Waals surface area contributed by atoms with E-state index in [1.807, 2.05) is 25.8 Å². The van der Waals surface area contributed by atoms with Gasteiger partial charge in [-0.15, -0.1) is 0 Å². The normalized spacial score (nSPS) is 22.8. The van der Waals surface area contributed by atoms with Gasteiger partial charge in [0, 0.05) is 25.4 Å². The summed E-state index contributed by atoms with van der Waals surface area (Å²) in [5, 5.41) is 13.8. The number of hydrogen-bond acceptors (Lipinski definition) is 4. The largest absolute Gasteiger partial charge is 0.382 e. The van der Waals surface area contributed by atoms with E-state index in [9.17, 15) is 5.11 Å². The van der Waals surface area contributed by atoms with Crippen LogP contribution in [0.5, 0.6) is 0 Å². The third-order valence-corrected chi connectivity index (χ3v) is 3.25. The molecule has 2 atom stereocenters. The first-order valence-electron chi connectivity index (χ1n) is 5.52. The fraction of sp³-hybridized carbons (Fsp3) is 0.727. The van der Waals surface area contributed by atoms with Crippen molar-refractivity contribution in [2.75, 3.05) is 27.4 Å². The lowest BCUT2D eigenvalue weighted by Crippen LogP contribution is -2.50. The van der Waals surface area contributed by atoms with Gasteiger partial charge in [-0.2, -0.15) is 0 Å². The molecule has 6 heteroatoms. The Morgan fingerprint density at radius 3 is 2.76 bits per heavy atom. The van der Waals surface area contributed by atoms with Gasteiger partial charge in [-0.3, -0.25) is 0 Å². The second-order valence-electron chi connectivity index (χ2n) is 3.99. The second-order valence-corrected chi connectivity index (χ2v) is 4.37. The number of hydrogen-bond donors (Lipinski definition) is 2. The van der Waals surface area contributed by atoms with Crippen molar-refractivity contribution < 1.29 is 14.6 Å². The van der Waals surface area contributed by atoms with Gasteiger partial charge in [-0.05, 0) is 26.1 Å². The SMILES string of the molecule is COCCOC(O)C1=C(C)N(C)C(=S)NC1C. The average molecular weight is 260 g/mol. The zero-order chi connectivity index (χ0) is 13.0. The highest BCUT2D eigenvalue weighted by Crippen LogP contribution is 2.21. The summed E-state index contributed by atoms with van der Waals surface area (Å²) in [6, 6.07) is -0.0313. The first-order valence-corrected chi connectivity index (χ1v) is 5.93. The zero-order valence-corrected chi connectivity index (χ0v) is 11.5. The molecule has 0 aromatic rings. The molecule has 5 nitrogen and oxygen atoms in total. The van der Waals surface area contributed by atoms with E-state index < -0.39 is 6.29 Å². The van der Waals surface area contributed by atoms with Crippen molar-refractivity contribution in [3.8, 4) is 0 Å². The predicted molar refractivity (Wildman–Crippen MR) is 69.5 cm³/mol. The maximum absolute atomic E-state index is 10.00. The van der Waals surface area contributed by atoms with Gasteiger partial charge in [0.05, 0.1) is 19.3 Å². The van der Waals surface area contributed by atoms with Crippen LogP contribution in [0.2, 0.25) is 0 Å². The molecule has 0 amide bonds. The van der Waals surface area contributed by atoms with Crippen LogP contribution in [-0.4, -0.2) is 54.8 Å². The van der Waals surface area contributed by atoms with Crippen molar-refractivity contribution in [3.63, 3.8) is 0 Å². The van der Waals surface area contributed by atoms with Crippen molar-refractivity contribution >= 4 is 17.3 Å². The third kappa shape index (κ3) is 3.38. The Morgan fingerprint density at radius 2 is 2.18 bits per heavy atom. The molecule has 0 bridgehead atoms. The molecule has 17 heavy (non-hydrogen) atoms. The first kappa shape index (κ1) is 14.4. The Labute approximate surface area is 107 Å². The van der Waals surface area contributed by atoms with E-state index in [2.05, 4.69) is 5.32 Å². The van der Waals surface area contributed by atoms with Gasteiger partial charge < -0.3 is 24.8 Å². The Kier molecular flexibility index (Phi) is 5.32. The average Bonchev–Trinajstić information content (AvgIpc) is 2.26. The summed E-state index contributed by atoms with van der Waals surface area (Å²) in [4.78, 5) is 1.83. The van der Waals surface area contributed by atoms with E-state index in [4.69, 9.17) is 21.7 Å². The van der Waals surface area contributed by atoms with E-state index in [1.165, 1.54) is 0 Å². The molecule has 1 rings (SSSR count). The number of rotatable bonds is 5. The number of nitrogens with zero attached hydrogens (tertiary/aromatic N) is 1. The molecule has 1 aliphatic rings. The van der Waals surface area contributed by atoms with Crippen LogP contribution in [0.1, 0.15) is 13.8 Å². The molecule has 0 fully saturated rings. The van der Waals surface area contributed by atoms with Crippen molar-refractivity contribution in [1.82, 2.24) is 10.2 Å². The molecular formula is C11H20N2O3S. The Morgan fingerprint density at radius 1 is 1.53 bits per heavy atom. The summed E-state index contributed by atoms with van der Waals surface area (Å²) in [5.74, 6) is 0. The monoisotopic (exact) mass is 260 g/mol. The molecule has 1 heterocycles. The van der Waals surface area contributed by atoms with Gasteiger partial charge in [0.2, 0.25) is 0 Å². The summed E-state index contributed by atoms with van der Waals surface area (Å²) in [6.07, 6.45) is -0.932. The van der Waals surface area contributed by atoms with Gasteiger partial charge in [-0.25, -0.2) is 0 Å². The molecule has 0 aliphatic carbocycles. The van der Waals surface area contributed by atoms with Crippen molar-refractivity contribution in [2.24, 2.45) is 0 Å². The van der Waals surface area contributed by atoms with Crippen molar-refractivity contribution in [3.05, 3.63) is 11.3 Å². The van der Waals surface area contributed by atoms with Crippen molar-refractivity contribution in [1.29, 1.82) is 0 Å². The quantitative estimate of drug-likeness (QED) is 0.425. The van der Waals surface area contributed by atoms with E-state index in [0.717, 1.165) is 11.3 Å². The maximum Gasteiger partial charge on any atom is 0.181 e. The maximum atomic E-state index is 10.00. The van der Waals surface area contributed by atoms with E-state index in [1.54, 1.807) is 7.11 Å². The molecule has 0 spiro atoms. The topological polar surface area (TPSA) is 54.0 Å². The zero-order valence-electron chi connectivity index (χ0n) is 10.7. The van der Waals surface area contributed by atoms with Crippen LogP contribution in [0, 0.1) is 0 Å². The number of nitrogens with one attached hydrogen (secondary N) is 1. The number of methoxy groups -OCH3 is 1. The number of ether oxygens (including phenoxy) is 2. The van der Waals surface area contributed by atoms with Crippen LogP contribution < -0.4 is 5.32 Å².